The molecule has 0 amide bonds. The topological polar surface area (TPSA) is 64.3 Å². The van der Waals surface area contributed by atoms with Crippen molar-refractivity contribution in [1.29, 1.82) is 0 Å². The Hall–Kier alpha value is -1.36. The molecule has 94 valence electrons. The van der Waals surface area contributed by atoms with Gasteiger partial charge in [0.1, 0.15) is 17.5 Å². The van der Waals surface area contributed by atoms with Gasteiger partial charge in [-0.1, -0.05) is 6.92 Å². The average Bonchev–Trinajstić information content (AvgIpc) is 2.52. The van der Waals surface area contributed by atoms with E-state index in [1.165, 1.54) is 0 Å². The number of nitrogen functional groups attached to an aromatic ring is 1. The molecular weight excluding hydrogens is 216 g/mol. The third kappa shape index (κ3) is 3.06. The van der Waals surface area contributed by atoms with E-state index in [9.17, 15) is 0 Å². The fraction of sp³-hybridized carbons (Fsp3) is 0.667. The van der Waals surface area contributed by atoms with Gasteiger partial charge in [0.25, 0.3) is 0 Å². The zero-order valence-corrected chi connectivity index (χ0v) is 10.5. The molecule has 0 bridgehead atoms. The third-order valence-electron chi connectivity index (χ3n) is 2.97. The molecule has 1 aliphatic heterocycles. The van der Waals surface area contributed by atoms with Gasteiger partial charge in [-0.3, -0.25) is 0 Å². The molecule has 0 radical (unpaired) electrons. The quantitative estimate of drug-likeness (QED) is 0.840. The van der Waals surface area contributed by atoms with Gasteiger partial charge in [-0.15, -0.1) is 0 Å². The number of hydrogen-bond acceptors (Lipinski definition) is 5. The van der Waals surface area contributed by atoms with Crippen molar-refractivity contribution >= 4 is 11.6 Å². The third-order valence-corrected chi connectivity index (χ3v) is 2.97. The number of rotatable bonds is 2. The number of anilines is 2. The van der Waals surface area contributed by atoms with Crippen LogP contribution in [-0.4, -0.2) is 35.8 Å². The van der Waals surface area contributed by atoms with Crippen LogP contribution in [0.1, 0.15) is 25.6 Å². The molecule has 5 heteroatoms. The van der Waals surface area contributed by atoms with E-state index in [1.54, 1.807) is 0 Å². The normalized spacial score (nSPS) is 21.3. The van der Waals surface area contributed by atoms with Gasteiger partial charge in [0.15, 0.2) is 0 Å². The fourth-order valence-corrected chi connectivity index (χ4v) is 2.09. The average molecular weight is 236 g/mol. The first-order chi connectivity index (χ1) is 8.19. The highest BCUT2D eigenvalue weighted by molar-refractivity contribution is 5.47. The SMILES string of the molecule is CCC1CN(c2cc(N)nc(C)n2)CCCO1. The monoisotopic (exact) mass is 236 g/mol. The van der Waals surface area contributed by atoms with Crippen LogP contribution < -0.4 is 10.6 Å². The van der Waals surface area contributed by atoms with Crippen molar-refractivity contribution in [2.45, 2.75) is 32.8 Å². The van der Waals surface area contributed by atoms with Crippen molar-refractivity contribution in [1.82, 2.24) is 9.97 Å². The summed E-state index contributed by atoms with van der Waals surface area (Å²) in [5.74, 6) is 2.17. The Balaban J connectivity index is 2.18. The number of nitrogens with two attached hydrogens (primary N) is 1. The lowest BCUT2D eigenvalue weighted by Gasteiger charge is -2.24. The van der Waals surface area contributed by atoms with Crippen molar-refractivity contribution in [3.05, 3.63) is 11.9 Å². The molecule has 2 rings (SSSR count). The maximum atomic E-state index is 5.76. The maximum absolute atomic E-state index is 5.76. The van der Waals surface area contributed by atoms with E-state index < -0.39 is 0 Å². The van der Waals surface area contributed by atoms with Gasteiger partial charge in [-0.05, 0) is 19.8 Å². The molecule has 1 saturated heterocycles. The smallest absolute Gasteiger partial charge is 0.134 e. The summed E-state index contributed by atoms with van der Waals surface area (Å²) in [6.07, 6.45) is 2.34. The second-order valence-electron chi connectivity index (χ2n) is 4.40. The molecule has 2 N–H and O–H groups in total. The van der Waals surface area contributed by atoms with E-state index in [1.807, 2.05) is 13.0 Å². The molecule has 0 saturated carbocycles. The van der Waals surface area contributed by atoms with Crippen LogP contribution in [0.3, 0.4) is 0 Å². The van der Waals surface area contributed by atoms with Crippen LogP contribution in [0.15, 0.2) is 6.07 Å². The Morgan fingerprint density at radius 2 is 2.35 bits per heavy atom. The molecule has 1 fully saturated rings. The number of aryl methyl sites for hydroxylation is 1. The van der Waals surface area contributed by atoms with Gasteiger partial charge < -0.3 is 15.4 Å². The zero-order valence-electron chi connectivity index (χ0n) is 10.5. The number of aromatic nitrogens is 2. The Kier molecular flexibility index (Phi) is 3.78. The van der Waals surface area contributed by atoms with Gasteiger partial charge in [0, 0.05) is 25.8 Å². The molecule has 0 spiro atoms. The largest absolute Gasteiger partial charge is 0.384 e. The van der Waals surface area contributed by atoms with Gasteiger partial charge in [-0.2, -0.15) is 0 Å². The second kappa shape index (κ2) is 5.31. The van der Waals surface area contributed by atoms with Gasteiger partial charge in [0.05, 0.1) is 6.10 Å². The molecule has 2 heterocycles. The van der Waals surface area contributed by atoms with Crippen LogP contribution in [0.4, 0.5) is 11.6 Å². The van der Waals surface area contributed by atoms with E-state index in [4.69, 9.17) is 10.5 Å². The molecule has 1 aliphatic rings. The summed E-state index contributed by atoms with van der Waals surface area (Å²) in [5, 5.41) is 0. The molecule has 17 heavy (non-hydrogen) atoms. The van der Waals surface area contributed by atoms with Crippen LogP contribution >= 0.6 is 0 Å². The Bertz CT molecular complexity index is 363. The summed E-state index contributed by atoms with van der Waals surface area (Å²) < 4.78 is 5.75. The summed E-state index contributed by atoms with van der Waals surface area (Å²) in [7, 11) is 0. The lowest BCUT2D eigenvalue weighted by atomic mass is 10.2. The van der Waals surface area contributed by atoms with Crippen LogP contribution in [0.2, 0.25) is 0 Å². The van der Waals surface area contributed by atoms with E-state index >= 15 is 0 Å². The van der Waals surface area contributed by atoms with Crippen molar-refractivity contribution in [2.75, 3.05) is 30.3 Å². The highest BCUT2D eigenvalue weighted by Gasteiger charge is 2.18. The minimum atomic E-state index is 0.286. The highest BCUT2D eigenvalue weighted by atomic mass is 16.5. The Morgan fingerprint density at radius 1 is 1.53 bits per heavy atom. The van der Waals surface area contributed by atoms with Crippen LogP contribution in [-0.2, 0) is 4.74 Å². The van der Waals surface area contributed by atoms with Crippen LogP contribution in [0.5, 0.6) is 0 Å². The predicted octanol–water partition coefficient (Wildman–Crippen LogP) is 1.37. The Morgan fingerprint density at radius 3 is 3.06 bits per heavy atom. The molecule has 0 aliphatic carbocycles. The highest BCUT2D eigenvalue weighted by Crippen LogP contribution is 2.18. The molecule has 1 aromatic rings. The van der Waals surface area contributed by atoms with Gasteiger partial charge in [-0.25, -0.2) is 9.97 Å². The first-order valence-corrected chi connectivity index (χ1v) is 6.16. The summed E-state index contributed by atoms with van der Waals surface area (Å²) in [5.41, 5.74) is 5.76. The first kappa shape index (κ1) is 12.1. The van der Waals surface area contributed by atoms with E-state index in [-0.39, 0.29) is 6.10 Å². The molecule has 1 unspecified atom stereocenters. The van der Waals surface area contributed by atoms with Gasteiger partial charge >= 0.3 is 0 Å². The van der Waals surface area contributed by atoms with E-state index in [0.29, 0.717) is 5.82 Å². The van der Waals surface area contributed by atoms with E-state index in [2.05, 4.69) is 21.8 Å². The fourth-order valence-electron chi connectivity index (χ4n) is 2.09. The Labute approximate surface area is 102 Å². The number of hydrogen-bond donors (Lipinski definition) is 1. The lowest BCUT2D eigenvalue weighted by molar-refractivity contribution is 0.0664. The number of ether oxygens (including phenoxy) is 1. The van der Waals surface area contributed by atoms with Crippen molar-refractivity contribution in [3.8, 4) is 0 Å². The molecule has 1 aromatic heterocycles. The van der Waals surface area contributed by atoms with Crippen molar-refractivity contribution < 1.29 is 4.74 Å². The summed E-state index contributed by atoms with van der Waals surface area (Å²) >= 11 is 0. The second-order valence-corrected chi connectivity index (χ2v) is 4.40. The minimum absolute atomic E-state index is 0.286. The number of nitrogens with zero attached hydrogens (tertiary/aromatic N) is 3. The van der Waals surface area contributed by atoms with Crippen molar-refractivity contribution in [3.63, 3.8) is 0 Å². The standard InChI is InChI=1S/C12H20N4O/c1-3-10-8-16(5-4-6-17-10)12-7-11(13)14-9(2)15-12/h7,10H,3-6,8H2,1-2H3,(H2,13,14,15). The molecular formula is C12H20N4O. The summed E-state index contributed by atoms with van der Waals surface area (Å²) in [6, 6.07) is 1.84. The van der Waals surface area contributed by atoms with Crippen LogP contribution in [0.25, 0.3) is 0 Å². The van der Waals surface area contributed by atoms with Crippen LogP contribution in [0, 0.1) is 6.92 Å². The first-order valence-electron chi connectivity index (χ1n) is 6.16. The molecule has 0 aromatic carbocycles. The predicted molar refractivity (Wildman–Crippen MR) is 68.0 cm³/mol. The minimum Gasteiger partial charge on any atom is -0.384 e. The molecule has 1 atom stereocenters. The molecule has 5 nitrogen and oxygen atoms in total. The summed E-state index contributed by atoms with van der Waals surface area (Å²) in [6.45, 7) is 6.69. The van der Waals surface area contributed by atoms with Gasteiger partial charge in [0.2, 0.25) is 0 Å². The zero-order chi connectivity index (χ0) is 12.3. The van der Waals surface area contributed by atoms with Crippen molar-refractivity contribution in [2.24, 2.45) is 0 Å². The van der Waals surface area contributed by atoms with E-state index in [0.717, 1.165) is 44.2 Å². The summed E-state index contributed by atoms with van der Waals surface area (Å²) in [4.78, 5) is 10.8. The maximum Gasteiger partial charge on any atom is 0.134 e. The lowest BCUT2D eigenvalue weighted by Crippen LogP contribution is -2.32.